The van der Waals surface area contributed by atoms with Gasteiger partial charge < -0.3 is 20.1 Å². The molecule has 1 heterocycles. The highest BCUT2D eigenvalue weighted by molar-refractivity contribution is 5.89. The minimum atomic E-state index is -2.95. The number of amides is 2. The van der Waals surface area contributed by atoms with Crippen LogP contribution in [0, 0.1) is 5.82 Å². The molecule has 0 bridgehead atoms. The summed E-state index contributed by atoms with van der Waals surface area (Å²) >= 11 is 0. The number of ether oxygens (including phenoxy) is 2. The molecule has 29 heavy (non-hydrogen) atoms. The summed E-state index contributed by atoms with van der Waals surface area (Å²) in [6.45, 7) is -2.96. The largest absolute Gasteiger partial charge is 0.439 e. The highest BCUT2D eigenvalue weighted by Gasteiger charge is 2.10. The van der Waals surface area contributed by atoms with Crippen molar-refractivity contribution in [1.82, 2.24) is 10.3 Å². The van der Waals surface area contributed by atoms with Gasteiger partial charge >= 0.3 is 12.6 Å². The van der Waals surface area contributed by atoms with Crippen molar-refractivity contribution < 1.29 is 27.4 Å². The van der Waals surface area contributed by atoms with E-state index in [1.54, 1.807) is 24.3 Å². The average Bonchev–Trinajstić information content (AvgIpc) is 2.70. The molecule has 2 amide bonds. The molecule has 1 aromatic heterocycles. The van der Waals surface area contributed by atoms with Crippen LogP contribution >= 0.6 is 0 Å². The number of nitrogens with one attached hydrogen (secondary N) is 2. The molecular formula is C20H16F3N3O3. The molecule has 0 fully saturated rings. The number of benzene rings is 2. The van der Waals surface area contributed by atoms with E-state index in [9.17, 15) is 18.0 Å². The quantitative estimate of drug-likeness (QED) is 0.586. The van der Waals surface area contributed by atoms with Crippen molar-refractivity contribution in [2.45, 2.75) is 13.2 Å². The Kier molecular flexibility index (Phi) is 6.51. The second kappa shape index (κ2) is 9.45. The fraction of sp³-hybridized carbons (Fsp3) is 0.100. The van der Waals surface area contributed by atoms with E-state index in [-0.39, 0.29) is 24.0 Å². The molecule has 0 unspecified atom stereocenters. The first-order valence-electron chi connectivity index (χ1n) is 8.46. The van der Waals surface area contributed by atoms with Gasteiger partial charge in [0.1, 0.15) is 17.3 Å². The number of halogens is 3. The maximum Gasteiger partial charge on any atom is 0.387 e. The summed E-state index contributed by atoms with van der Waals surface area (Å²) in [4.78, 5) is 16.1. The van der Waals surface area contributed by atoms with Crippen LogP contribution in [0.25, 0.3) is 0 Å². The van der Waals surface area contributed by atoms with E-state index in [2.05, 4.69) is 20.4 Å². The number of hydrogen-bond donors (Lipinski definition) is 2. The molecule has 6 nitrogen and oxygen atoms in total. The number of nitrogens with zero attached hydrogens (tertiary/aromatic N) is 1. The molecule has 0 aliphatic rings. The lowest BCUT2D eigenvalue weighted by Crippen LogP contribution is -2.28. The molecule has 0 saturated heterocycles. The molecule has 2 N–H and O–H groups in total. The predicted molar refractivity (Wildman–Crippen MR) is 99.6 cm³/mol. The second-order valence-corrected chi connectivity index (χ2v) is 5.73. The first-order valence-corrected chi connectivity index (χ1v) is 8.46. The summed E-state index contributed by atoms with van der Waals surface area (Å²) in [6, 6.07) is 14.2. The van der Waals surface area contributed by atoms with Crippen LogP contribution in [0.5, 0.6) is 17.4 Å². The zero-order valence-electron chi connectivity index (χ0n) is 14.9. The van der Waals surface area contributed by atoms with Gasteiger partial charge in [-0.1, -0.05) is 18.2 Å². The fourth-order valence-electron chi connectivity index (χ4n) is 2.35. The monoisotopic (exact) mass is 403 g/mol. The van der Waals surface area contributed by atoms with E-state index >= 15 is 0 Å². The van der Waals surface area contributed by atoms with Crippen molar-refractivity contribution in [3.05, 3.63) is 78.2 Å². The first-order chi connectivity index (χ1) is 14.0. The van der Waals surface area contributed by atoms with E-state index < -0.39 is 12.6 Å². The Balaban J connectivity index is 1.52. The van der Waals surface area contributed by atoms with E-state index in [4.69, 9.17) is 4.74 Å². The molecule has 3 aromatic rings. The second-order valence-electron chi connectivity index (χ2n) is 5.73. The van der Waals surface area contributed by atoms with Crippen LogP contribution in [0.1, 0.15) is 5.56 Å². The lowest BCUT2D eigenvalue weighted by Gasteiger charge is -2.12. The molecule has 9 heteroatoms. The topological polar surface area (TPSA) is 72.5 Å². The molecule has 0 spiro atoms. The number of alkyl halides is 2. The average molecular weight is 403 g/mol. The Morgan fingerprint density at radius 1 is 1.03 bits per heavy atom. The van der Waals surface area contributed by atoms with E-state index in [0.29, 0.717) is 17.0 Å². The van der Waals surface area contributed by atoms with Gasteiger partial charge in [-0.3, -0.25) is 0 Å². The van der Waals surface area contributed by atoms with Gasteiger partial charge in [-0.15, -0.1) is 0 Å². The van der Waals surface area contributed by atoms with Crippen LogP contribution < -0.4 is 20.1 Å². The number of carbonyl (C=O) groups excluding carboxylic acids is 1. The Hall–Kier alpha value is -3.75. The number of anilines is 1. The molecule has 0 radical (unpaired) electrons. The van der Waals surface area contributed by atoms with E-state index in [1.165, 1.54) is 42.6 Å². The molecule has 3 rings (SSSR count). The number of aromatic nitrogens is 1. The lowest BCUT2D eigenvalue weighted by atomic mass is 10.2. The number of carbonyl (C=O) groups is 1. The Morgan fingerprint density at radius 2 is 1.79 bits per heavy atom. The lowest BCUT2D eigenvalue weighted by molar-refractivity contribution is -0.0504. The SMILES string of the molecule is O=C(NCc1ccccc1OC(F)F)Nc1ccc(Oc2ccc(F)cc2)nc1. The molecule has 0 saturated carbocycles. The zero-order valence-corrected chi connectivity index (χ0v) is 14.9. The summed E-state index contributed by atoms with van der Waals surface area (Å²) in [5.41, 5.74) is 0.801. The molecule has 2 aromatic carbocycles. The number of urea groups is 1. The normalized spacial score (nSPS) is 10.5. The Morgan fingerprint density at radius 3 is 2.48 bits per heavy atom. The molecule has 0 atom stereocenters. The smallest absolute Gasteiger partial charge is 0.387 e. The van der Waals surface area contributed by atoms with Gasteiger partial charge in [-0.05, 0) is 36.4 Å². The van der Waals surface area contributed by atoms with Crippen molar-refractivity contribution in [1.29, 1.82) is 0 Å². The van der Waals surface area contributed by atoms with Crippen LogP contribution in [0.4, 0.5) is 23.7 Å². The van der Waals surface area contributed by atoms with Gasteiger partial charge in [-0.25, -0.2) is 14.2 Å². The minimum absolute atomic E-state index is 0.00604. The molecule has 150 valence electrons. The first kappa shape index (κ1) is 20.0. The van der Waals surface area contributed by atoms with E-state index in [0.717, 1.165) is 0 Å². The third-order valence-electron chi connectivity index (χ3n) is 3.66. The maximum atomic E-state index is 12.9. The van der Waals surface area contributed by atoms with Crippen LogP contribution in [-0.2, 0) is 6.54 Å². The summed E-state index contributed by atoms with van der Waals surface area (Å²) in [6.07, 6.45) is 1.38. The fourth-order valence-corrected chi connectivity index (χ4v) is 2.35. The standard InChI is InChI=1S/C20H16F3N3O3/c21-14-5-8-16(9-6-14)28-18-10-7-15(12-24-18)26-20(27)25-11-13-3-1-2-4-17(13)29-19(22)23/h1-10,12,19H,11H2,(H2,25,26,27). The van der Waals surface area contributed by atoms with Crippen LogP contribution in [0.3, 0.4) is 0 Å². The highest BCUT2D eigenvalue weighted by Crippen LogP contribution is 2.21. The van der Waals surface area contributed by atoms with Crippen molar-refractivity contribution in [2.75, 3.05) is 5.32 Å². The van der Waals surface area contributed by atoms with Crippen molar-refractivity contribution in [3.8, 4) is 17.4 Å². The van der Waals surface area contributed by atoms with Gasteiger partial charge in [0.2, 0.25) is 5.88 Å². The van der Waals surface area contributed by atoms with Gasteiger partial charge in [0.05, 0.1) is 11.9 Å². The van der Waals surface area contributed by atoms with Gasteiger partial charge in [0.25, 0.3) is 0 Å². The number of hydrogen-bond acceptors (Lipinski definition) is 4. The summed E-state index contributed by atoms with van der Waals surface area (Å²) in [5, 5.41) is 5.12. The third kappa shape index (κ3) is 6.13. The van der Waals surface area contributed by atoms with Crippen LogP contribution in [0.2, 0.25) is 0 Å². The summed E-state index contributed by atoms with van der Waals surface area (Å²) in [5.74, 6) is 0.300. The van der Waals surface area contributed by atoms with Crippen molar-refractivity contribution in [2.24, 2.45) is 0 Å². The highest BCUT2D eigenvalue weighted by atomic mass is 19.3. The summed E-state index contributed by atoms with van der Waals surface area (Å²) in [7, 11) is 0. The van der Waals surface area contributed by atoms with Gasteiger partial charge in [0, 0.05) is 18.2 Å². The molecular weight excluding hydrogens is 387 g/mol. The Labute approximate surface area is 164 Å². The van der Waals surface area contributed by atoms with Crippen molar-refractivity contribution in [3.63, 3.8) is 0 Å². The van der Waals surface area contributed by atoms with Crippen molar-refractivity contribution >= 4 is 11.7 Å². The molecule has 0 aliphatic heterocycles. The summed E-state index contributed by atoms with van der Waals surface area (Å²) < 4.78 is 47.6. The third-order valence-corrected chi connectivity index (χ3v) is 3.66. The Bertz CT molecular complexity index is 951. The number of pyridine rings is 1. The van der Waals surface area contributed by atoms with Crippen LogP contribution in [-0.4, -0.2) is 17.6 Å². The molecule has 0 aliphatic carbocycles. The zero-order chi connectivity index (χ0) is 20.6. The number of rotatable bonds is 7. The van der Waals surface area contributed by atoms with E-state index in [1.807, 2.05) is 0 Å². The minimum Gasteiger partial charge on any atom is -0.439 e. The number of para-hydroxylation sites is 1. The predicted octanol–water partition coefficient (Wildman–Crippen LogP) is 4.94. The maximum absolute atomic E-state index is 12.9. The van der Waals surface area contributed by atoms with Gasteiger partial charge in [0.15, 0.2) is 0 Å². The van der Waals surface area contributed by atoms with Gasteiger partial charge in [-0.2, -0.15) is 8.78 Å². The van der Waals surface area contributed by atoms with Crippen LogP contribution in [0.15, 0.2) is 66.9 Å².